The highest BCUT2D eigenvalue weighted by molar-refractivity contribution is 5.95. The van der Waals surface area contributed by atoms with Crippen LogP contribution in [0.3, 0.4) is 0 Å². The van der Waals surface area contributed by atoms with E-state index in [-0.39, 0.29) is 5.91 Å². The third-order valence-corrected chi connectivity index (χ3v) is 5.10. The first kappa shape index (κ1) is 16.5. The van der Waals surface area contributed by atoms with E-state index < -0.39 is 0 Å². The van der Waals surface area contributed by atoms with Gasteiger partial charge in [0, 0.05) is 53.4 Å². The Morgan fingerprint density at radius 1 is 0.923 bits per heavy atom. The van der Waals surface area contributed by atoms with Gasteiger partial charge in [0.15, 0.2) is 0 Å². The molecule has 0 aliphatic carbocycles. The minimum absolute atomic E-state index is 0.0676. The molecular formula is C22H23N3O. The Bertz CT molecular complexity index is 1070. The molecular weight excluding hydrogens is 322 g/mol. The van der Waals surface area contributed by atoms with E-state index in [0.717, 1.165) is 24.0 Å². The monoisotopic (exact) mass is 345 g/mol. The number of nitrogens with zero attached hydrogens (tertiary/aromatic N) is 1. The summed E-state index contributed by atoms with van der Waals surface area (Å²) in [4.78, 5) is 20.3. The van der Waals surface area contributed by atoms with E-state index in [1.165, 1.54) is 27.4 Å². The Morgan fingerprint density at radius 2 is 1.58 bits per heavy atom. The van der Waals surface area contributed by atoms with Crippen LogP contribution in [0.1, 0.15) is 25.0 Å². The lowest BCUT2D eigenvalue weighted by Gasteiger charge is -2.19. The molecule has 0 radical (unpaired) electrons. The van der Waals surface area contributed by atoms with Crippen molar-refractivity contribution < 1.29 is 4.79 Å². The van der Waals surface area contributed by atoms with Gasteiger partial charge >= 0.3 is 0 Å². The summed E-state index contributed by atoms with van der Waals surface area (Å²) in [7, 11) is 0. The molecule has 4 aromatic rings. The maximum atomic E-state index is 11.8. The molecule has 1 amide bonds. The zero-order chi connectivity index (χ0) is 18.1. The summed E-state index contributed by atoms with van der Waals surface area (Å²) >= 11 is 0. The molecule has 4 nitrogen and oxygen atoms in total. The largest absolute Gasteiger partial charge is 0.361 e. The Labute approximate surface area is 152 Å². The van der Waals surface area contributed by atoms with Crippen molar-refractivity contribution in [3.8, 4) is 0 Å². The molecule has 0 aliphatic rings. The molecule has 2 N–H and O–H groups in total. The number of H-pyrrole nitrogens is 2. The molecule has 0 saturated carbocycles. The van der Waals surface area contributed by atoms with E-state index in [9.17, 15) is 4.79 Å². The lowest BCUT2D eigenvalue weighted by molar-refractivity contribution is -0.116. The number of aromatic amines is 2. The number of amides is 1. The Kier molecular flexibility index (Phi) is 4.25. The number of aryl methyl sites for hydroxylation is 2. The number of aromatic nitrogens is 2. The van der Waals surface area contributed by atoms with Crippen LogP contribution >= 0.6 is 0 Å². The lowest BCUT2D eigenvalue weighted by Crippen LogP contribution is -2.27. The first-order valence-electron chi connectivity index (χ1n) is 9.10. The molecule has 132 valence electrons. The van der Waals surface area contributed by atoms with Crippen molar-refractivity contribution >= 4 is 33.4 Å². The average Bonchev–Trinajstić information content (AvgIpc) is 3.24. The maximum absolute atomic E-state index is 11.8. The number of rotatable bonds is 5. The number of anilines is 1. The van der Waals surface area contributed by atoms with Crippen LogP contribution in [0.25, 0.3) is 21.8 Å². The molecule has 4 heteroatoms. The van der Waals surface area contributed by atoms with Gasteiger partial charge in [-0.05, 0) is 49.1 Å². The summed E-state index contributed by atoms with van der Waals surface area (Å²) in [5, 5.41) is 2.53. The number of fused-ring (bicyclic) bond motifs is 2. The smallest absolute Gasteiger partial charge is 0.223 e. The lowest BCUT2D eigenvalue weighted by atomic mass is 10.0. The minimum Gasteiger partial charge on any atom is -0.361 e. The molecule has 0 saturated heterocycles. The van der Waals surface area contributed by atoms with Crippen LogP contribution in [0.2, 0.25) is 0 Å². The second kappa shape index (κ2) is 6.71. The van der Waals surface area contributed by atoms with Crippen LogP contribution in [-0.4, -0.2) is 22.4 Å². The van der Waals surface area contributed by atoms with Crippen LogP contribution in [0, 0.1) is 0 Å². The minimum atomic E-state index is 0.0676. The van der Waals surface area contributed by atoms with Crippen LogP contribution < -0.4 is 4.90 Å². The molecule has 26 heavy (non-hydrogen) atoms. The molecule has 4 rings (SSSR count). The predicted molar refractivity (Wildman–Crippen MR) is 108 cm³/mol. The fraction of sp³-hybridized carbons (Fsp3) is 0.227. The van der Waals surface area contributed by atoms with Crippen molar-refractivity contribution in [2.75, 3.05) is 11.4 Å². The highest BCUT2D eigenvalue weighted by Gasteiger charge is 2.12. The second-order valence-electron chi connectivity index (χ2n) is 6.67. The van der Waals surface area contributed by atoms with E-state index in [1.54, 1.807) is 11.8 Å². The fourth-order valence-corrected chi connectivity index (χ4v) is 3.74. The standard InChI is InChI=1S/C22H23N3O/c1-3-25(15(2)26)18-10-11-20-17(14-24-22(20)12-18)9-8-16-13-23-21-7-5-4-6-19(16)21/h4-7,10-14,23-24H,3,8-9H2,1-2H3. The van der Waals surface area contributed by atoms with Crippen molar-refractivity contribution in [1.29, 1.82) is 0 Å². The van der Waals surface area contributed by atoms with Crippen molar-refractivity contribution in [2.45, 2.75) is 26.7 Å². The van der Waals surface area contributed by atoms with Crippen molar-refractivity contribution in [3.05, 3.63) is 66.0 Å². The molecule has 2 aromatic heterocycles. The molecule has 2 heterocycles. The summed E-state index contributed by atoms with van der Waals surface area (Å²) < 4.78 is 0. The van der Waals surface area contributed by atoms with E-state index >= 15 is 0 Å². The summed E-state index contributed by atoms with van der Waals surface area (Å²) in [6.45, 7) is 4.27. The van der Waals surface area contributed by atoms with Crippen LogP contribution in [0.5, 0.6) is 0 Å². The summed E-state index contributed by atoms with van der Waals surface area (Å²) in [5.41, 5.74) is 5.87. The zero-order valence-electron chi connectivity index (χ0n) is 15.2. The topological polar surface area (TPSA) is 51.9 Å². The van der Waals surface area contributed by atoms with Gasteiger partial charge < -0.3 is 14.9 Å². The number of nitrogens with one attached hydrogen (secondary N) is 2. The summed E-state index contributed by atoms with van der Waals surface area (Å²) in [6, 6.07) is 14.6. The summed E-state index contributed by atoms with van der Waals surface area (Å²) in [5.74, 6) is 0.0676. The highest BCUT2D eigenvalue weighted by atomic mass is 16.2. The van der Waals surface area contributed by atoms with Crippen LogP contribution in [0.4, 0.5) is 5.69 Å². The van der Waals surface area contributed by atoms with E-state index in [2.05, 4.69) is 58.8 Å². The van der Waals surface area contributed by atoms with E-state index in [1.807, 2.05) is 13.0 Å². The van der Waals surface area contributed by atoms with Crippen molar-refractivity contribution in [2.24, 2.45) is 0 Å². The van der Waals surface area contributed by atoms with Gasteiger partial charge in [0.2, 0.25) is 5.91 Å². The van der Waals surface area contributed by atoms with Gasteiger partial charge in [-0.15, -0.1) is 0 Å². The average molecular weight is 345 g/mol. The van der Waals surface area contributed by atoms with Crippen LogP contribution in [-0.2, 0) is 17.6 Å². The fourth-order valence-electron chi connectivity index (χ4n) is 3.74. The highest BCUT2D eigenvalue weighted by Crippen LogP contribution is 2.26. The van der Waals surface area contributed by atoms with Crippen molar-refractivity contribution in [3.63, 3.8) is 0 Å². The van der Waals surface area contributed by atoms with Gasteiger partial charge in [0.1, 0.15) is 0 Å². The molecule has 0 spiro atoms. The SMILES string of the molecule is CCN(C(C)=O)c1ccc2c(CCc3c[nH]c4ccccc34)c[nH]c2c1. The molecule has 0 atom stereocenters. The Balaban J connectivity index is 1.58. The van der Waals surface area contributed by atoms with Gasteiger partial charge in [-0.25, -0.2) is 0 Å². The normalized spacial score (nSPS) is 11.3. The zero-order valence-corrected chi connectivity index (χ0v) is 15.2. The third-order valence-electron chi connectivity index (χ3n) is 5.10. The number of hydrogen-bond acceptors (Lipinski definition) is 1. The van der Waals surface area contributed by atoms with E-state index in [0.29, 0.717) is 6.54 Å². The number of carbonyl (C=O) groups excluding carboxylic acids is 1. The number of para-hydroxylation sites is 1. The first-order chi connectivity index (χ1) is 12.7. The number of hydrogen-bond donors (Lipinski definition) is 2. The first-order valence-corrected chi connectivity index (χ1v) is 9.10. The van der Waals surface area contributed by atoms with E-state index in [4.69, 9.17) is 0 Å². The van der Waals surface area contributed by atoms with Gasteiger partial charge in [-0.2, -0.15) is 0 Å². The van der Waals surface area contributed by atoms with Gasteiger partial charge in [0.25, 0.3) is 0 Å². The Hall–Kier alpha value is -3.01. The third kappa shape index (κ3) is 2.88. The maximum Gasteiger partial charge on any atom is 0.223 e. The molecule has 0 aliphatic heterocycles. The molecule has 0 fully saturated rings. The van der Waals surface area contributed by atoms with Gasteiger partial charge in [0.05, 0.1) is 0 Å². The van der Waals surface area contributed by atoms with Gasteiger partial charge in [-0.1, -0.05) is 24.3 Å². The molecule has 0 bridgehead atoms. The van der Waals surface area contributed by atoms with Crippen molar-refractivity contribution in [1.82, 2.24) is 9.97 Å². The quantitative estimate of drug-likeness (QED) is 0.536. The molecule has 2 aromatic carbocycles. The predicted octanol–water partition coefficient (Wildman–Crippen LogP) is 4.81. The number of carbonyl (C=O) groups is 1. The second-order valence-corrected chi connectivity index (χ2v) is 6.67. The van der Waals surface area contributed by atoms with Gasteiger partial charge in [-0.3, -0.25) is 4.79 Å². The Morgan fingerprint density at radius 3 is 2.27 bits per heavy atom. The molecule has 0 unspecified atom stereocenters. The summed E-state index contributed by atoms with van der Waals surface area (Å²) in [6.07, 6.45) is 6.18. The number of benzene rings is 2. The van der Waals surface area contributed by atoms with Crippen LogP contribution in [0.15, 0.2) is 54.9 Å².